The van der Waals surface area contributed by atoms with Gasteiger partial charge in [-0.05, 0) is 23.9 Å². The smallest absolute Gasteiger partial charge is 0.425 e. The van der Waals surface area contributed by atoms with E-state index in [0.29, 0.717) is 11.3 Å². The molecule has 0 aliphatic carbocycles. The van der Waals surface area contributed by atoms with Crippen LogP contribution < -0.4 is 4.74 Å². The Kier molecular flexibility index (Phi) is 3.92. The van der Waals surface area contributed by atoms with Gasteiger partial charge in [0.15, 0.2) is 0 Å². The lowest BCUT2D eigenvalue weighted by atomic mass is 10.1. The number of aryl methyl sites for hydroxylation is 1. The first-order chi connectivity index (χ1) is 10.4. The molecule has 3 aromatic heterocycles. The van der Waals surface area contributed by atoms with Crippen molar-refractivity contribution in [3.05, 3.63) is 50.8 Å². The van der Waals surface area contributed by atoms with Crippen molar-refractivity contribution >= 4 is 22.7 Å². The van der Waals surface area contributed by atoms with Gasteiger partial charge in [0, 0.05) is 28.5 Å². The van der Waals surface area contributed by atoms with Crippen LogP contribution in [-0.2, 0) is 6.18 Å². The van der Waals surface area contributed by atoms with Gasteiger partial charge >= 0.3 is 6.18 Å². The maximum Gasteiger partial charge on any atom is 0.425 e. The van der Waals surface area contributed by atoms with Crippen molar-refractivity contribution in [3.8, 4) is 22.9 Å². The lowest BCUT2D eigenvalue weighted by molar-refractivity contribution is -0.134. The molecule has 0 amide bonds. The van der Waals surface area contributed by atoms with E-state index in [1.807, 2.05) is 29.8 Å². The standard InChI is InChI=1S/C15H10F3NOS2/c1-9-2-3-13(19-14(9)10-4-5-21-7-10)20-11-6-12(22-8-11)15(16,17)18/h2-8H,1H3. The Morgan fingerprint density at radius 1 is 1.14 bits per heavy atom. The van der Waals surface area contributed by atoms with Gasteiger partial charge in [0.2, 0.25) is 5.88 Å². The molecule has 22 heavy (non-hydrogen) atoms. The second-order valence-corrected chi connectivity index (χ2v) is 6.26. The highest BCUT2D eigenvalue weighted by molar-refractivity contribution is 7.10. The van der Waals surface area contributed by atoms with Crippen LogP contribution in [0, 0.1) is 6.92 Å². The van der Waals surface area contributed by atoms with E-state index in [9.17, 15) is 13.2 Å². The first-order valence-corrected chi connectivity index (χ1v) is 8.09. The summed E-state index contributed by atoms with van der Waals surface area (Å²) < 4.78 is 43.2. The van der Waals surface area contributed by atoms with E-state index in [0.717, 1.165) is 22.9 Å². The summed E-state index contributed by atoms with van der Waals surface area (Å²) in [5.41, 5.74) is 2.71. The molecule has 0 bridgehead atoms. The summed E-state index contributed by atoms with van der Waals surface area (Å²) in [5, 5.41) is 5.23. The van der Waals surface area contributed by atoms with E-state index in [2.05, 4.69) is 4.98 Å². The average Bonchev–Trinajstić information content (AvgIpc) is 3.11. The molecule has 3 rings (SSSR count). The minimum atomic E-state index is -4.35. The van der Waals surface area contributed by atoms with Crippen LogP contribution in [0.5, 0.6) is 11.6 Å². The number of thiophene rings is 2. The molecule has 114 valence electrons. The first kappa shape index (κ1) is 15.1. The third-order valence-corrected chi connectivity index (χ3v) is 4.58. The number of rotatable bonds is 3. The summed E-state index contributed by atoms with van der Waals surface area (Å²) in [6.07, 6.45) is -4.35. The molecule has 2 nitrogen and oxygen atoms in total. The maximum absolute atomic E-state index is 12.6. The molecule has 0 aliphatic rings. The highest BCUT2D eigenvalue weighted by atomic mass is 32.1. The monoisotopic (exact) mass is 341 g/mol. The summed E-state index contributed by atoms with van der Waals surface area (Å²) in [5.74, 6) is 0.420. The lowest BCUT2D eigenvalue weighted by Gasteiger charge is -2.07. The normalized spacial score (nSPS) is 11.6. The molecule has 0 spiro atoms. The van der Waals surface area contributed by atoms with Gasteiger partial charge in [-0.25, -0.2) is 4.98 Å². The van der Waals surface area contributed by atoms with Gasteiger partial charge in [0.25, 0.3) is 0 Å². The predicted octanol–water partition coefficient (Wildman–Crippen LogP) is 5.99. The highest BCUT2D eigenvalue weighted by Crippen LogP contribution is 2.38. The average molecular weight is 341 g/mol. The van der Waals surface area contributed by atoms with Gasteiger partial charge in [0.1, 0.15) is 10.6 Å². The van der Waals surface area contributed by atoms with Gasteiger partial charge in [-0.3, -0.25) is 0 Å². The summed E-state index contributed by atoms with van der Waals surface area (Å²) >= 11 is 2.16. The maximum atomic E-state index is 12.6. The molecule has 0 fully saturated rings. The van der Waals surface area contributed by atoms with Crippen LogP contribution in [0.3, 0.4) is 0 Å². The minimum absolute atomic E-state index is 0.143. The van der Waals surface area contributed by atoms with Crippen molar-refractivity contribution in [2.45, 2.75) is 13.1 Å². The van der Waals surface area contributed by atoms with Crippen LogP contribution in [0.25, 0.3) is 11.3 Å². The van der Waals surface area contributed by atoms with E-state index in [1.54, 1.807) is 17.4 Å². The highest BCUT2D eigenvalue weighted by Gasteiger charge is 2.32. The number of pyridine rings is 1. The summed E-state index contributed by atoms with van der Waals surface area (Å²) in [4.78, 5) is 3.70. The van der Waals surface area contributed by atoms with Crippen molar-refractivity contribution in [1.29, 1.82) is 0 Å². The Bertz CT molecular complexity index is 778. The third-order valence-electron chi connectivity index (χ3n) is 2.94. The summed E-state index contributed by atoms with van der Waals surface area (Å²) in [7, 11) is 0. The van der Waals surface area contributed by atoms with Crippen LogP contribution >= 0.6 is 22.7 Å². The van der Waals surface area contributed by atoms with Gasteiger partial charge in [-0.2, -0.15) is 24.5 Å². The minimum Gasteiger partial charge on any atom is -0.438 e. The van der Waals surface area contributed by atoms with Gasteiger partial charge in [-0.15, -0.1) is 11.3 Å². The van der Waals surface area contributed by atoms with Crippen LogP contribution in [0.1, 0.15) is 10.4 Å². The van der Waals surface area contributed by atoms with Crippen molar-refractivity contribution in [2.24, 2.45) is 0 Å². The number of aromatic nitrogens is 1. The van der Waals surface area contributed by atoms with E-state index in [1.165, 1.54) is 5.38 Å². The molecular weight excluding hydrogens is 331 g/mol. The molecule has 3 aromatic rings. The zero-order chi connectivity index (χ0) is 15.7. The molecule has 0 aromatic carbocycles. The Morgan fingerprint density at radius 3 is 2.59 bits per heavy atom. The number of nitrogens with zero attached hydrogens (tertiary/aromatic N) is 1. The number of alkyl halides is 3. The van der Waals surface area contributed by atoms with Gasteiger partial charge in [-0.1, -0.05) is 6.07 Å². The van der Waals surface area contributed by atoms with Crippen molar-refractivity contribution in [1.82, 2.24) is 4.98 Å². The molecule has 0 saturated carbocycles. The SMILES string of the molecule is Cc1ccc(Oc2csc(C(F)(F)F)c2)nc1-c1ccsc1. The number of halogens is 3. The fourth-order valence-corrected chi connectivity index (χ4v) is 3.22. The van der Waals surface area contributed by atoms with E-state index in [-0.39, 0.29) is 11.6 Å². The van der Waals surface area contributed by atoms with E-state index < -0.39 is 11.1 Å². The quantitative estimate of drug-likeness (QED) is 0.583. The molecule has 0 saturated heterocycles. The molecule has 0 atom stereocenters. The van der Waals surface area contributed by atoms with Gasteiger partial charge in [0.05, 0.1) is 5.69 Å². The fourth-order valence-electron chi connectivity index (χ4n) is 1.90. The number of hydrogen-bond donors (Lipinski definition) is 0. The zero-order valence-corrected chi connectivity index (χ0v) is 13.0. The van der Waals surface area contributed by atoms with Crippen LogP contribution in [0.15, 0.2) is 40.4 Å². The summed E-state index contributed by atoms with van der Waals surface area (Å²) in [6.45, 7) is 1.93. The van der Waals surface area contributed by atoms with Crippen LogP contribution in [0.4, 0.5) is 13.2 Å². The number of ether oxygens (including phenoxy) is 1. The second kappa shape index (κ2) is 5.73. The van der Waals surface area contributed by atoms with Crippen LogP contribution in [0.2, 0.25) is 0 Å². The van der Waals surface area contributed by atoms with E-state index in [4.69, 9.17) is 4.74 Å². The topological polar surface area (TPSA) is 22.1 Å². The Balaban J connectivity index is 1.87. The predicted molar refractivity (Wildman–Crippen MR) is 81.7 cm³/mol. The molecule has 0 unspecified atom stereocenters. The second-order valence-electron chi connectivity index (χ2n) is 4.57. The molecule has 0 aliphatic heterocycles. The van der Waals surface area contributed by atoms with Gasteiger partial charge < -0.3 is 4.74 Å². The number of hydrogen-bond acceptors (Lipinski definition) is 4. The molecule has 3 heterocycles. The Morgan fingerprint density at radius 2 is 1.95 bits per heavy atom. The van der Waals surface area contributed by atoms with Crippen molar-refractivity contribution in [3.63, 3.8) is 0 Å². The fraction of sp³-hybridized carbons (Fsp3) is 0.133. The first-order valence-electron chi connectivity index (χ1n) is 6.27. The van der Waals surface area contributed by atoms with Crippen molar-refractivity contribution < 1.29 is 17.9 Å². The largest absolute Gasteiger partial charge is 0.438 e. The lowest BCUT2D eigenvalue weighted by Crippen LogP contribution is -2.00. The molecule has 0 N–H and O–H groups in total. The van der Waals surface area contributed by atoms with Crippen LogP contribution in [-0.4, -0.2) is 4.98 Å². The summed E-state index contributed by atoms with van der Waals surface area (Å²) in [6, 6.07) is 6.41. The van der Waals surface area contributed by atoms with E-state index >= 15 is 0 Å². The zero-order valence-electron chi connectivity index (χ0n) is 11.3. The third kappa shape index (κ3) is 3.15. The Labute approximate surface area is 132 Å². The Hall–Kier alpha value is -1.86. The molecule has 7 heteroatoms. The molecule has 0 radical (unpaired) electrons. The molecular formula is C15H10F3NOS2. The van der Waals surface area contributed by atoms with Crippen molar-refractivity contribution in [2.75, 3.05) is 0 Å².